The highest BCUT2D eigenvalue weighted by Gasteiger charge is 2.17. The lowest BCUT2D eigenvalue weighted by Crippen LogP contribution is -1.99. The zero-order valence-corrected chi connectivity index (χ0v) is 14.7. The molecule has 1 aromatic carbocycles. The Kier molecular flexibility index (Phi) is 3.90. The maximum atomic E-state index is 9.63. The molecule has 0 atom stereocenters. The Bertz CT molecular complexity index is 1120. The third kappa shape index (κ3) is 2.65. The molecule has 0 bridgehead atoms. The number of aryl methyl sites for hydroxylation is 2. The van der Waals surface area contributed by atoms with Crippen LogP contribution < -0.4 is 0 Å². The Balaban J connectivity index is 1.91. The molecular weight excluding hydrogens is 334 g/mol. The minimum atomic E-state index is 0.558. The van der Waals surface area contributed by atoms with E-state index in [1.54, 1.807) is 18.7 Å². The van der Waals surface area contributed by atoms with Gasteiger partial charge in [-0.1, -0.05) is 30.8 Å². The standard InChI is InChI=1S/C18H15N5OS/c1-3-12-8-17(25-10-16-22-21-11(2)24-16)23-15-7-5-4-6-14(15)20-18(23)13(12)9-19/h4-8H,3,10H2,1-2H3. The molecule has 0 aliphatic rings. The first-order chi connectivity index (χ1) is 12.2. The van der Waals surface area contributed by atoms with Gasteiger partial charge in [-0.15, -0.1) is 10.2 Å². The van der Waals surface area contributed by atoms with Gasteiger partial charge in [0.05, 0.1) is 27.4 Å². The summed E-state index contributed by atoms with van der Waals surface area (Å²) in [6.07, 6.45) is 0.774. The quantitative estimate of drug-likeness (QED) is 0.520. The molecule has 4 aromatic rings. The molecule has 3 heterocycles. The lowest BCUT2D eigenvalue weighted by Gasteiger charge is -2.10. The maximum Gasteiger partial charge on any atom is 0.226 e. The van der Waals surface area contributed by atoms with Crippen molar-refractivity contribution in [2.24, 2.45) is 0 Å². The van der Waals surface area contributed by atoms with Crippen molar-refractivity contribution in [1.29, 1.82) is 5.26 Å². The molecule has 3 aromatic heterocycles. The summed E-state index contributed by atoms with van der Waals surface area (Å²) in [6, 6.07) is 12.3. The monoisotopic (exact) mass is 349 g/mol. The molecule has 6 nitrogen and oxygen atoms in total. The average Bonchev–Trinajstić information content (AvgIpc) is 3.22. The minimum Gasteiger partial charge on any atom is -0.425 e. The van der Waals surface area contributed by atoms with Crippen LogP contribution in [-0.4, -0.2) is 19.6 Å². The Hall–Kier alpha value is -2.85. The Labute approximate surface area is 148 Å². The third-order valence-electron chi connectivity index (χ3n) is 4.03. The Morgan fingerprint density at radius 3 is 2.84 bits per heavy atom. The van der Waals surface area contributed by atoms with Crippen molar-refractivity contribution >= 4 is 28.4 Å². The molecule has 7 heteroatoms. The van der Waals surface area contributed by atoms with Gasteiger partial charge >= 0.3 is 0 Å². The fraction of sp³-hybridized carbons (Fsp3) is 0.222. The average molecular weight is 349 g/mol. The summed E-state index contributed by atoms with van der Waals surface area (Å²) in [4.78, 5) is 4.69. The van der Waals surface area contributed by atoms with E-state index in [1.165, 1.54) is 0 Å². The second-order valence-corrected chi connectivity index (χ2v) is 6.61. The maximum absolute atomic E-state index is 9.63. The van der Waals surface area contributed by atoms with Gasteiger partial charge in [0.1, 0.15) is 6.07 Å². The highest BCUT2D eigenvalue weighted by molar-refractivity contribution is 7.98. The summed E-state index contributed by atoms with van der Waals surface area (Å²) in [7, 11) is 0. The molecule has 0 aliphatic heterocycles. The summed E-state index contributed by atoms with van der Waals surface area (Å²) in [5.74, 6) is 1.71. The number of imidazole rings is 1. The molecule has 4 rings (SSSR count). The van der Waals surface area contributed by atoms with Crippen LogP contribution in [0.1, 0.15) is 29.8 Å². The van der Waals surface area contributed by atoms with Gasteiger partial charge in [-0.2, -0.15) is 5.26 Å². The van der Waals surface area contributed by atoms with Crippen molar-refractivity contribution in [3.8, 4) is 6.07 Å². The second-order valence-electron chi connectivity index (χ2n) is 5.61. The van der Waals surface area contributed by atoms with E-state index in [-0.39, 0.29) is 0 Å². The van der Waals surface area contributed by atoms with Crippen LogP contribution in [0.2, 0.25) is 0 Å². The van der Waals surface area contributed by atoms with Gasteiger partial charge in [0.2, 0.25) is 11.8 Å². The number of benzene rings is 1. The fourth-order valence-electron chi connectivity index (χ4n) is 2.88. The van der Waals surface area contributed by atoms with Crippen LogP contribution in [0.5, 0.6) is 0 Å². The van der Waals surface area contributed by atoms with E-state index in [2.05, 4.69) is 22.3 Å². The highest BCUT2D eigenvalue weighted by atomic mass is 32.2. The van der Waals surface area contributed by atoms with E-state index < -0.39 is 0 Å². The first kappa shape index (κ1) is 15.7. The van der Waals surface area contributed by atoms with E-state index in [9.17, 15) is 5.26 Å². The van der Waals surface area contributed by atoms with Crippen LogP contribution in [-0.2, 0) is 12.2 Å². The molecule has 124 valence electrons. The number of hydrogen-bond acceptors (Lipinski definition) is 6. The predicted molar refractivity (Wildman–Crippen MR) is 95.4 cm³/mol. The van der Waals surface area contributed by atoms with Crippen molar-refractivity contribution in [2.75, 3.05) is 0 Å². The van der Waals surface area contributed by atoms with E-state index >= 15 is 0 Å². The zero-order valence-electron chi connectivity index (χ0n) is 13.9. The lowest BCUT2D eigenvalue weighted by atomic mass is 10.1. The highest BCUT2D eigenvalue weighted by Crippen LogP contribution is 2.31. The number of nitrogens with zero attached hydrogens (tertiary/aromatic N) is 5. The van der Waals surface area contributed by atoms with Crippen molar-refractivity contribution in [1.82, 2.24) is 19.6 Å². The first-order valence-electron chi connectivity index (χ1n) is 7.96. The molecule has 25 heavy (non-hydrogen) atoms. The molecule has 0 radical (unpaired) electrons. The van der Waals surface area contributed by atoms with Crippen molar-refractivity contribution in [3.63, 3.8) is 0 Å². The fourth-order valence-corrected chi connectivity index (χ4v) is 3.81. The van der Waals surface area contributed by atoms with Crippen molar-refractivity contribution < 1.29 is 4.42 Å². The molecule has 0 amide bonds. The number of nitriles is 1. The summed E-state index contributed by atoms with van der Waals surface area (Å²) in [6.45, 7) is 3.82. The molecule has 0 N–H and O–H groups in total. The van der Waals surface area contributed by atoms with Crippen LogP contribution in [0, 0.1) is 18.3 Å². The summed E-state index contributed by atoms with van der Waals surface area (Å²) >= 11 is 1.60. The van der Waals surface area contributed by atoms with Crippen LogP contribution >= 0.6 is 11.8 Å². The lowest BCUT2D eigenvalue weighted by molar-refractivity contribution is 0.485. The Morgan fingerprint density at radius 1 is 1.28 bits per heavy atom. The predicted octanol–water partition coefficient (Wildman–Crippen LogP) is 3.91. The van der Waals surface area contributed by atoms with Gasteiger partial charge < -0.3 is 4.42 Å². The molecular formula is C18H15N5OS. The molecule has 0 saturated heterocycles. The summed E-state index contributed by atoms with van der Waals surface area (Å²) in [5, 5.41) is 18.6. The largest absolute Gasteiger partial charge is 0.425 e. The second kappa shape index (κ2) is 6.22. The van der Waals surface area contributed by atoms with Crippen LogP contribution in [0.4, 0.5) is 0 Å². The zero-order chi connectivity index (χ0) is 17.4. The van der Waals surface area contributed by atoms with Crippen LogP contribution in [0.15, 0.2) is 39.8 Å². The molecule has 0 aliphatic carbocycles. The number of aromatic nitrogens is 4. The SMILES string of the molecule is CCc1cc(SCc2nnc(C)o2)n2c(nc3ccccc32)c1C#N. The van der Waals surface area contributed by atoms with E-state index in [1.807, 2.05) is 35.6 Å². The number of thioether (sulfide) groups is 1. The van der Waals surface area contributed by atoms with Gasteiger partial charge in [0.15, 0.2) is 5.65 Å². The van der Waals surface area contributed by atoms with Crippen molar-refractivity contribution in [2.45, 2.75) is 31.0 Å². The minimum absolute atomic E-state index is 0.558. The van der Waals surface area contributed by atoms with Crippen molar-refractivity contribution in [3.05, 3.63) is 53.2 Å². The van der Waals surface area contributed by atoms with Gasteiger partial charge in [-0.25, -0.2) is 4.98 Å². The number of hydrogen-bond donors (Lipinski definition) is 0. The van der Waals surface area contributed by atoms with Crippen LogP contribution in [0.25, 0.3) is 16.7 Å². The van der Waals surface area contributed by atoms with E-state index in [0.29, 0.717) is 28.7 Å². The normalized spacial score (nSPS) is 11.2. The molecule has 0 fully saturated rings. The smallest absolute Gasteiger partial charge is 0.226 e. The van der Waals surface area contributed by atoms with Gasteiger partial charge in [-0.05, 0) is 30.2 Å². The van der Waals surface area contributed by atoms with E-state index in [4.69, 9.17) is 9.40 Å². The first-order valence-corrected chi connectivity index (χ1v) is 8.94. The summed E-state index contributed by atoms with van der Waals surface area (Å²) < 4.78 is 7.51. The number of pyridine rings is 1. The summed E-state index contributed by atoms with van der Waals surface area (Å²) in [5.41, 5.74) is 4.20. The number of fused-ring (bicyclic) bond motifs is 3. The molecule has 0 spiro atoms. The topological polar surface area (TPSA) is 80.0 Å². The molecule has 0 unspecified atom stereocenters. The molecule has 0 saturated carbocycles. The van der Waals surface area contributed by atoms with Gasteiger partial charge in [0.25, 0.3) is 0 Å². The van der Waals surface area contributed by atoms with Gasteiger partial charge in [-0.3, -0.25) is 4.40 Å². The number of para-hydroxylation sites is 2. The van der Waals surface area contributed by atoms with E-state index in [0.717, 1.165) is 28.0 Å². The Morgan fingerprint density at radius 2 is 2.12 bits per heavy atom. The third-order valence-corrected chi connectivity index (χ3v) is 5.02. The number of rotatable bonds is 4. The van der Waals surface area contributed by atoms with Crippen LogP contribution in [0.3, 0.4) is 0 Å². The van der Waals surface area contributed by atoms with Gasteiger partial charge in [0, 0.05) is 6.92 Å².